The molecule has 1 N–H and O–H groups in total. The van der Waals surface area contributed by atoms with Crippen molar-refractivity contribution < 1.29 is 14.6 Å². The first-order valence-corrected chi connectivity index (χ1v) is 6.15. The van der Waals surface area contributed by atoms with Crippen molar-refractivity contribution in [1.82, 2.24) is 4.90 Å². The van der Waals surface area contributed by atoms with Gasteiger partial charge in [-0.1, -0.05) is 12.1 Å². The van der Waals surface area contributed by atoms with Crippen molar-refractivity contribution in [3.63, 3.8) is 0 Å². The number of ether oxygens (including phenoxy) is 2. The predicted molar refractivity (Wildman–Crippen MR) is 72.1 cm³/mol. The molecule has 0 aliphatic rings. The minimum absolute atomic E-state index is 0.315. The van der Waals surface area contributed by atoms with Crippen molar-refractivity contribution in [3.05, 3.63) is 29.8 Å². The third-order valence-electron chi connectivity index (χ3n) is 2.54. The average Bonchev–Trinajstić information content (AvgIpc) is 2.34. The second kappa shape index (κ2) is 8.08. The van der Waals surface area contributed by atoms with Crippen LogP contribution in [0, 0.1) is 0 Å². The molecule has 0 amide bonds. The molecule has 0 saturated carbocycles. The van der Waals surface area contributed by atoms with Gasteiger partial charge in [0.25, 0.3) is 0 Å². The standard InChI is InChI=1S/C14H23NO3/c1-15(2)10-13(16)11-18-14-6-4-12(5-7-14)8-9-17-3/h4-7,13,16H,8-11H2,1-3H3. The Morgan fingerprint density at radius 1 is 1.22 bits per heavy atom. The van der Waals surface area contributed by atoms with Gasteiger partial charge in [-0.3, -0.25) is 0 Å². The van der Waals surface area contributed by atoms with Crippen LogP contribution in [0.25, 0.3) is 0 Å². The molecule has 0 spiro atoms. The minimum atomic E-state index is -0.465. The number of likely N-dealkylation sites (N-methyl/N-ethyl adjacent to an activating group) is 1. The third-order valence-corrected chi connectivity index (χ3v) is 2.54. The minimum Gasteiger partial charge on any atom is -0.491 e. The van der Waals surface area contributed by atoms with Gasteiger partial charge in [0.2, 0.25) is 0 Å². The van der Waals surface area contributed by atoms with E-state index in [2.05, 4.69) is 0 Å². The van der Waals surface area contributed by atoms with E-state index in [1.165, 1.54) is 5.56 Å². The summed E-state index contributed by atoms with van der Waals surface area (Å²) in [4.78, 5) is 1.93. The third kappa shape index (κ3) is 6.00. The van der Waals surface area contributed by atoms with Crippen LogP contribution in [0.5, 0.6) is 5.75 Å². The van der Waals surface area contributed by atoms with E-state index in [4.69, 9.17) is 9.47 Å². The zero-order valence-electron chi connectivity index (χ0n) is 11.4. The Balaban J connectivity index is 2.34. The second-order valence-corrected chi connectivity index (χ2v) is 4.61. The Bertz CT molecular complexity index is 324. The van der Waals surface area contributed by atoms with Crippen LogP contribution in [0.4, 0.5) is 0 Å². The molecule has 0 bridgehead atoms. The molecular weight excluding hydrogens is 230 g/mol. The van der Waals surface area contributed by atoms with E-state index in [0.29, 0.717) is 13.2 Å². The highest BCUT2D eigenvalue weighted by molar-refractivity contribution is 5.27. The highest BCUT2D eigenvalue weighted by Gasteiger charge is 2.06. The first kappa shape index (κ1) is 15.0. The van der Waals surface area contributed by atoms with Crippen molar-refractivity contribution in [2.24, 2.45) is 0 Å². The Hall–Kier alpha value is -1.10. The van der Waals surface area contributed by atoms with E-state index in [-0.39, 0.29) is 0 Å². The highest BCUT2D eigenvalue weighted by Crippen LogP contribution is 2.13. The Kier molecular flexibility index (Phi) is 6.72. The van der Waals surface area contributed by atoms with Gasteiger partial charge in [0.1, 0.15) is 18.5 Å². The monoisotopic (exact) mass is 253 g/mol. The van der Waals surface area contributed by atoms with Gasteiger partial charge in [-0.15, -0.1) is 0 Å². The first-order chi connectivity index (χ1) is 8.61. The molecule has 1 unspecified atom stereocenters. The number of benzene rings is 1. The number of hydrogen-bond donors (Lipinski definition) is 1. The van der Waals surface area contributed by atoms with Crippen molar-refractivity contribution >= 4 is 0 Å². The summed E-state index contributed by atoms with van der Waals surface area (Å²) in [5, 5.41) is 9.67. The molecule has 1 aromatic rings. The van der Waals surface area contributed by atoms with Crippen LogP contribution in [0.1, 0.15) is 5.56 Å². The molecule has 1 aromatic carbocycles. The second-order valence-electron chi connectivity index (χ2n) is 4.61. The fourth-order valence-electron chi connectivity index (χ4n) is 1.64. The maximum atomic E-state index is 9.67. The van der Waals surface area contributed by atoms with Gasteiger partial charge in [-0.25, -0.2) is 0 Å². The Morgan fingerprint density at radius 2 is 1.89 bits per heavy atom. The van der Waals surface area contributed by atoms with Crippen LogP contribution in [0.3, 0.4) is 0 Å². The Labute approximate surface area is 109 Å². The summed E-state index contributed by atoms with van der Waals surface area (Å²) in [6.45, 7) is 1.64. The average molecular weight is 253 g/mol. The van der Waals surface area contributed by atoms with Crippen LogP contribution in [0.2, 0.25) is 0 Å². The van der Waals surface area contributed by atoms with Gasteiger partial charge in [0.05, 0.1) is 6.61 Å². The van der Waals surface area contributed by atoms with Crippen molar-refractivity contribution in [1.29, 1.82) is 0 Å². The van der Waals surface area contributed by atoms with Gasteiger partial charge in [0.15, 0.2) is 0 Å². The normalized spacial score (nSPS) is 12.7. The van der Waals surface area contributed by atoms with Gasteiger partial charge >= 0.3 is 0 Å². The quantitative estimate of drug-likeness (QED) is 0.755. The summed E-state index contributed by atoms with van der Waals surface area (Å²) in [6.07, 6.45) is 0.438. The molecule has 0 aromatic heterocycles. The summed E-state index contributed by atoms with van der Waals surface area (Å²) in [5.74, 6) is 0.786. The zero-order valence-corrected chi connectivity index (χ0v) is 11.4. The van der Waals surface area contributed by atoms with Crippen LogP contribution in [0.15, 0.2) is 24.3 Å². The molecule has 18 heavy (non-hydrogen) atoms. The molecule has 4 nitrogen and oxygen atoms in total. The molecule has 0 heterocycles. The number of hydrogen-bond acceptors (Lipinski definition) is 4. The summed E-state index contributed by atoms with van der Waals surface area (Å²) < 4.78 is 10.5. The van der Waals surface area contributed by atoms with Crippen LogP contribution in [-0.2, 0) is 11.2 Å². The van der Waals surface area contributed by atoms with E-state index in [1.807, 2.05) is 43.3 Å². The fraction of sp³-hybridized carbons (Fsp3) is 0.571. The molecule has 1 rings (SSSR count). The summed E-state index contributed by atoms with van der Waals surface area (Å²) in [6, 6.07) is 7.89. The van der Waals surface area contributed by atoms with Crippen LogP contribution in [-0.4, -0.2) is 57.1 Å². The van der Waals surface area contributed by atoms with E-state index in [9.17, 15) is 5.11 Å². The molecule has 0 saturated heterocycles. The van der Waals surface area contributed by atoms with Crippen LogP contribution < -0.4 is 4.74 Å². The number of methoxy groups -OCH3 is 1. The molecule has 1 atom stereocenters. The molecule has 0 radical (unpaired) electrons. The number of rotatable bonds is 8. The maximum Gasteiger partial charge on any atom is 0.119 e. The molecule has 0 fully saturated rings. The Morgan fingerprint density at radius 3 is 2.44 bits per heavy atom. The molecule has 0 aliphatic heterocycles. The van der Waals surface area contributed by atoms with E-state index in [1.54, 1.807) is 7.11 Å². The highest BCUT2D eigenvalue weighted by atomic mass is 16.5. The van der Waals surface area contributed by atoms with Gasteiger partial charge in [0, 0.05) is 13.7 Å². The lowest BCUT2D eigenvalue weighted by Gasteiger charge is -2.16. The van der Waals surface area contributed by atoms with Crippen molar-refractivity contribution in [2.45, 2.75) is 12.5 Å². The van der Waals surface area contributed by atoms with Crippen LogP contribution >= 0.6 is 0 Å². The summed E-state index contributed by atoms with van der Waals surface area (Å²) in [5.41, 5.74) is 1.22. The van der Waals surface area contributed by atoms with Gasteiger partial charge < -0.3 is 19.5 Å². The van der Waals surface area contributed by atoms with Crippen molar-refractivity contribution in [3.8, 4) is 5.75 Å². The lowest BCUT2D eigenvalue weighted by atomic mass is 10.1. The SMILES string of the molecule is COCCc1ccc(OCC(O)CN(C)C)cc1. The number of aliphatic hydroxyl groups is 1. The molecular formula is C14H23NO3. The molecule has 102 valence electrons. The van der Waals surface area contributed by atoms with Gasteiger partial charge in [-0.05, 0) is 38.2 Å². The number of nitrogens with zero attached hydrogens (tertiary/aromatic N) is 1. The lowest BCUT2D eigenvalue weighted by Crippen LogP contribution is -2.30. The summed E-state index contributed by atoms with van der Waals surface area (Å²) in [7, 11) is 5.55. The smallest absolute Gasteiger partial charge is 0.119 e. The van der Waals surface area contributed by atoms with Crippen molar-refractivity contribution in [2.75, 3.05) is 41.0 Å². The van der Waals surface area contributed by atoms with E-state index >= 15 is 0 Å². The summed E-state index contributed by atoms with van der Waals surface area (Å²) >= 11 is 0. The predicted octanol–water partition coefficient (Wildman–Crippen LogP) is 1.18. The largest absolute Gasteiger partial charge is 0.491 e. The lowest BCUT2D eigenvalue weighted by molar-refractivity contribution is 0.0831. The topological polar surface area (TPSA) is 41.9 Å². The van der Waals surface area contributed by atoms with E-state index < -0.39 is 6.10 Å². The zero-order chi connectivity index (χ0) is 13.4. The van der Waals surface area contributed by atoms with Gasteiger partial charge in [-0.2, -0.15) is 0 Å². The maximum absolute atomic E-state index is 9.67. The molecule has 0 aliphatic carbocycles. The first-order valence-electron chi connectivity index (χ1n) is 6.15. The van der Waals surface area contributed by atoms with E-state index in [0.717, 1.165) is 18.8 Å². The fourth-order valence-corrected chi connectivity index (χ4v) is 1.64. The molecule has 4 heteroatoms. The number of aliphatic hydroxyl groups excluding tert-OH is 1.